The first-order valence-corrected chi connectivity index (χ1v) is 7.93. The highest BCUT2D eigenvalue weighted by Gasteiger charge is 2.10. The number of nitro groups is 1. The molecular formula is C16H27N3O2. The highest BCUT2D eigenvalue weighted by molar-refractivity contribution is 5.65. The standard InChI is InChI=1S/C16H27N3O2/c1-2-3-4-5-6-7-8-9-12-18-14-10-11-16(19(20)21)15(17)13-14/h10-11,13,18H,2-9,12,17H2,1H3. The lowest BCUT2D eigenvalue weighted by atomic mass is 10.1. The first-order chi connectivity index (χ1) is 10.1. The molecule has 0 spiro atoms. The van der Waals surface area contributed by atoms with Crippen LogP contribution in [0.2, 0.25) is 0 Å². The van der Waals surface area contributed by atoms with Crippen molar-refractivity contribution in [1.82, 2.24) is 0 Å². The monoisotopic (exact) mass is 293 g/mol. The number of nitrogen functional groups attached to an aromatic ring is 1. The van der Waals surface area contributed by atoms with Gasteiger partial charge in [-0.25, -0.2) is 0 Å². The van der Waals surface area contributed by atoms with Crippen molar-refractivity contribution < 1.29 is 4.92 Å². The Bertz CT molecular complexity index is 436. The van der Waals surface area contributed by atoms with Crippen molar-refractivity contribution in [3.05, 3.63) is 28.3 Å². The number of hydrogen-bond donors (Lipinski definition) is 2. The van der Waals surface area contributed by atoms with Gasteiger partial charge in [0, 0.05) is 18.3 Å². The second-order valence-corrected chi connectivity index (χ2v) is 5.43. The second-order valence-electron chi connectivity index (χ2n) is 5.43. The Balaban J connectivity index is 2.13. The van der Waals surface area contributed by atoms with Crippen LogP contribution in [-0.4, -0.2) is 11.5 Å². The van der Waals surface area contributed by atoms with Crippen LogP contribution in [0, 0.1) is 10.1 Å². The molecule has 0 heterocycles. The molecule has 0 radical (unpaired) electrons. The lowest BCUT2D eigenvalue weighted by molar-refractivity contribution is -0.383. The van der Waals surface area contributed by atoms with Gasteiger partial charge < -0.3 is 11.1 Å². The number of hydrogen-bond acceptors (Lipinski definition) is 4. The minimum Gasteiger partial charge on any atom is -0.393 e. The lowest BCUT2D eigenvalue weighted by Crippen LogP contribution is -2.03. The third-order valence-electron chi connectivity index (χ3n) is 3.58. The topological polar surface area (TPSA) is 81.2 Å². The maximum atomic E-state index is 10.7. The number of anilines is 2. The number of nitrogens with two attached hydrogens (primary N) is 1. The quantitative estimate of drug-likeness (QED) is 0.267. The molecule has 0 aliphatic carbocycles. The van der Waals surface area contributed by atoms with Gasteiger partial charge in [-0.05, 0) is 18.6 Å². The van der Waals surface area contributed by atoms with E-state index in [0.717, 1.165) is 18.7 Å². The van der Waals surface area contributed by atoms with E-state index < -0.39 is 4.92 Å². The lowest BCUT2D eigenvalue weighted by Gasteiger charge is -2.07. The van der Waals surface area contributed by atoms with Crippen LogP contribution < -0.4 is 11.1 Å². The Labute approximate surface area is 127 Å². The average Bonchev–Trinajstić information content (AvgIpc) is 2.45. The van der Waals surface area contributed by atoms with Gasteiger partial charge in [0.15, 0.2) is 0 Å². The molecule has 118 valence electrons. The van der Waals surface area contributed by atoms with Crippen LogP contribution in [0.15, 0.2) is 18.2 Å². The maximum Gasteiger partial charge on any atom is 0.292 e. The van der Waals surface area contributed by atoms with Crippen LogP contribution in [0.4, 0.5) is 17.1 Å². The van der Waals surface area contributed by atoms with Crippen molar-refractivity contribution >= 4 is 17.1 Å². The zero-order chi connectivity index (χ0) is 15.5. The van der Waals surface area contributed by atoms with E-state index in [9.17, 15) is 10.1 Å². The summed E-state index contributed by atoms with van der Waals surface area (Å²) >= 11 is 0. The van der Waals surface area contributed by atoms with Crippen molar-refractivity contribution in [2.24, 2.45) is 0 Å². The first kappa shape index (κ1) is 17.3. The first-order valence-electron chi connectivity index (χ1n) is 7.93. The van der Waals surface area contributed by atoms with Crippen LogP contribution in [0.3, 0.4) is 0 Å². The summed E-state index contributed by atoms with van der Waals surface area (Å²) in [6, 6.07) is 4.79. The predicted octanol–water partition coefficient (Wildman–Crippen LogP) is 4.73. The molecule has 3 N–H and O–H groups in total. The molecular weight excluding hydrogens is 266 g/mol. The Kier molecular flexibility index (Phi) is 8.24. The molecule has 0 unspecified atom stereocenters. The normalized spacial score (nSPS) is 10.5. The summed E-state index contributed by atoms with van der Waals surface area (Å²) in [6.45, 7) is 3.11. The Hall–Kier alpha value is -1.78. The van der Waals surface area contributed by atoms with Gasteiger partial charge in [-0.2, -0.15) is 0 Å². The van der Waals surface area contributed by atoms with Gasteiger partial charge in [-0.1, -0.05) is 51.9 Å². The molecule has 21 heavy (non-hydrogen) atoms. The average molecular weight is 293 g/mol. The van der Waals surface area contributed by atoms with Gasteiger partial charge in [0.05, 0.1) is 4.92 Å². The van der Waals surface area contributed by atoms with E-state index >= 15 is 0 Å². The SMILES string of the molecule is CCCCCCCCCCNc1ccc([N+](=O)[O-])c(N)c1. The molecule has 0 aliphatic heterocycles. The van der Waals surface area contributed by atoms with E-state index in [1.54, 1.807) is 12.1 Å². The van der Waals surface area contributed by atoms with Crippen LogP contribution in [-0.2, 0) is 0 Å². The Morgan fingerprint density at radius 2 is 1.71 bits per heavy atom. The van der Waals surface area contributed by atoms with E-state index in [4.69, 9.17) is 5.73 Å². The highest BCUT2D eigenvalue weighted by atomic mass is 16.6. The van der Waals surface area contributed by atoms with Crippen LogP contribution in [0.5, 0.6) is 0 Å². The number of nitrogens with one attached hydrogen (secondary N) is 1. The molecule has 0 saturated carbocycles. The maximum absolute atomic E-state index is 10.7. The van der Waals surface area contributed by atoms with Gasteiger partial charge in [-0.15, -0.1) is 0 Å². The second kappa shape index (κ2) is 10.0. The molecule has 0 aromatic heterocycles. The fraction of sp³-hybridized carbons (Fsp3) is 0.625. The van der Waals surface area contributed by atoms with Gasteiger partial charge >= 0.3 is 0 Å². The molecule has 0 fully saturated rings. The molecule has 1 aromatic rings. The van der Waals surface area contributed by atoms with E-state index in [-0.39, 0.29) is 11.4 Å². The van der Waals surface area contributed by atoms with Crippen LogP contribution in [0.1, 0.15) is 58.3 Å². The molecule has 0 saturated heterocycles. The number of rotatable bonds is 11. The summed E-state index contributed by atoms with van der Waals surface area (Å²) in [6.07, 6.45) is 10.3. The van der Waals surface area contributed by atoms with E-state index in [0.29, 0.717) is 0 Å². The number of nitrogens with zero attached hydrogens (tertiary/aromatic N) is 1. The number of benzene rings is 1. The van der Waals surface area contributed by atoms with Crippen molar-refractivity contribution in [3.63, 3.8) is 0 Å². The largest absolute Gasteiger partial charge is 0.393 e. The Morgan fingerprint density at radius 3 is 2.29 bits per heavy atom. The van der Waals surface area contributed by atoms with Crippen molar-refractivity contribution in [1.29, 1.82) is 0 Å². The van der Waals surface area contributed by atoms with Crippen LogP contribution in [0.25, 0.3) is 0 Å². The molecule has 0 bridgehead atoms. The van der Waals surface area contributed by atoms with Crippen molar-refractivity contribution in [2.75, 3.05) is 17.6 Å². The van der Waals surface area contributed by atoms with E-state index in [1.165, 1.54) is 51.0 Å². The fourth-order valence-corrected chi connectivity index (χ4v) is 2.32. The van der Waals surface area contributed by atoms with Gasteiger partial charge in [0.2, 0.25) is 0 Å². The van der Waals surface area contributed by atoms with Crippen molar-refractivity contribution in [3.8, 4) is 0 Å². The third-order valence-corrected chi connectivity index (χ3v) is 3.58. The van der Waals surface area contributed by atoms with E-state index in [1.807, 2.05) is 0 Å². The molecule has 1 rings (SSSR count). The number of nitro benzene ring substituents is 1. The highest BCUT2D eigenvalue weighted by Crippen LogP contribution is 2.24. The van der Waals surface area contributed by atoms with Gasteiger partial charge in [0.25, 0.3) is 5.69 Å². The summed E-state index contributed by atoms with van der Waals surface area (Å²) in [5.74, 6) is 0. The summed E-state index contributed by atoms with van der Waals surface area (Å²) in [5.41, 5.74) is 6.67. The third kappa shape index (κ3) is 6.97. The molecule has 5 heteroatoms. The minimum absolute atomic E-state index is 0.0346. The summed E-state index contributed by atoms with van der Waals surface area (Å²) in [4.78, 5) is 10.2. The smallest absolute Gasteiger partial charge is 0.292 e. The molecule has 5 nitrogen and oxygen atoms in total. The molecule has 0 amide bonds. The number of unbranched alkanes of at least 4 members (excludes halogenated alkanes) is 7. The predicted molar refractivity (Wildman–Crippen MR) is 88.6 cm³/mol. The zero-order valence-corrected chi connectivity index (χ0v) is 12.9. The van der Waals surface area contributed by atoms with Crippen LogP contribution >= 0.6 is 0 Å². The van der Waals surface area contributed by atoms with Gasteiger partial charge in [-0.3, -0.25) is 10.1 Å². The summed E-state index contributed by atoms with van der Waals surface area (Å²) in [5, 5.41) is 13.9. The fourth-order valence-electron chi connectivity index (χ4n) is 2.32. The summed E-state index contributed by atoms with van der Waals surface area (Å²) < 4.78 is 0. The molecule has 0 aliphatic rings. The minimum atomic E-state index is -0.461. The van der Waals surface area contributed by atoms with Crippen molar-refractivity contribution in [2.45, 2.75) is 58.3 Å². The summed E-state index contributed by atoms with van der Waals surface area (Å²) in [7, 11) is 0. The Morgan fingerprint density at radius 1 is 1.10 bits per heavy atom. The molecule has 1 aromatic carbocycles. The zero-order valence-electron chi connectivity index (χ0n) is 12.9. The molecule has 0 atom stereocenters. The van der Waals surface area contributed by atoms with E-state index in [2.05, 4.69) is 12.2 Å². The van der Waals surface area contributed by atoms with Gasteiger partial charge in [0.1, 0.15) is 5.69 Å².